The molecule has 0 radical (unpaired) electrons. The van der Waals surface area contributed by atoms with Crippen LogP contribution in [0, 0.1) is 6.92 Å². The van der Waals surface area contributed by atoms with Crippen molar-refractivity contribution >= 4 is 5.91 Å². The zero-order chi connectivity index (χ0) is 16.8. The molecule has 0 fully saturated rings. The Bertz CT molecular complexity index is 809. The van der Waals surface area contributed by atoms with Gasteiger partial charge in [0.25, 0.3) is 0 Å². The van der Waals surface area contributed by atoms with Crippen LogP contribution in [0.5, 0.6) is 0 Å². The molecule has 3 aromatic rings. The van der Waals surface area contributed by atoms with Crippen molar-refractivity contribution in [2.45, 2.75) is 26.3 Å². The Morgan fingerprint density at radius 1 is 1.12 bits per heavy atom. The lowest BCUT2D eigenvalue weighted by molar-refractivity contribution is -0.121. The lowest BCUT2D eigenvalue weighted by atomic mass is 10.0. The Balaban J connectivity index is 1.55. The molecule has 0 aliphatic heterocycles. The molecule has 24 heavy (non-hydrogen) atoms. The molecule has 0 saturated carbocycles. The number of benzene rings is 2. The largest absolute Gasteiger partial charge is 0.364 e. The number of hydrogen-bond acceptors (Lipinski definition) is 3. The summed E-state index contributed by atoms with van der Waals surface area (Å²) in [7, 11) is 0. The first-order valence-electron chi connectivity index (χ1n) is 8.03. The minimum Gasteiger partial charge on any atom is -0.364 e. The van der Waals surface area contributed by atoms with Gasteiger partial charge in [0, 0.05) is 24.1 Å². The molecule has 122 valence electrons. The number of rotatable bonds is 6. The van der Waals surface area contributed by atoms with Crippen LogP contribution in [-0.2, 0) is 17.8 Å². The Morgan fingerprint density at radius 2 is 1.96 bits per heavy atom. The molecule has 1 heterocycles. The van der Waals surface area contributed by atoms with Crippen molar-refractivity contribution in [3.05, 3.63) is 77.6 Å². The van der Waals surface area contributed by atoms with E-state index in [2.05, 4.69) is 16.5 Å². The lowest BCUT2D eigenvalue weighted by Crippen LogP contribution is -2.23. The first-order chi connectivity index (χ1) is 11.7. The normalized spacial score (nSPS) is 10.5. The summed E-state index contributed by atoms with van der Waals surface area (Å²) < 4.78 is 5.09. The number of nitrogens with zero attached hydrogens (tertiary/aromatic N) is 1. The second kappa shape index (κ2) is 7.59. The summed E-state index contributed by atoms with van der Waals surface area (Å²) in [5, 5.41) is 7.02. The van der Waals surface area contributed by atoms with Gasteiger partial charge in [-0.3, -0.25) is 4.79 Å². The molecule has 0 unspecified atom stereocenters. The van der Waals surface area contributed by atoms with Crippen LogP contribution in [0.15, 0.2) is 65.4 Å². The first-order valence-corrected chi connectivity index (χ1v) is 8.03. The van der Waals surface area contributed by atoms with Gasteiger partial charge in [-0.15, -0.1) is 0 Å². The molecule has 4 nitrogen and oxygen atoms in total. The van der Waals surface area contributed by atoms with E-state index in [1.54, 1.807) is 6.26 Å². The van der Waals surface area contributed by atoms with Gasteiger partial charge in [0.05, 0.1) is 0 Å². The summed E-state index contributed by atoms with van der Waals surface area (Å²) in [5.74, 6) is 0.0247. The topological polar surface area (TPSA) is 55.1 Å². The molecular formula is C20H20N2O2. The first kappa shape index (κ1) is 16.0. The van der Waals surface area contributed by atoms with Crippen molar-refractivity contribution in [3.8, 4) is 11.3 Å². The van der Waals surface area contributed by atoms with Gasteiger partial charge >= 0.3 is 0 Å². The number of nitrogens with one attached hydrogen (secondary N) is 1. The number of aromatic nitrogens is 1. The van der Waals surface area contributed by atoms with Crippen molar-refractivity contribution in [2.75, 3.05) is 0 Å². The molecule has 0 aliphatic rings. The highest BCUT2D eigenvalue weighted by Gasteiger charge is 2.11. The van der Waals surface area contributed by atoms with E-state index in [1.807, 2.05) is 55.5 Å². The van der Waals surface area contributed by atoms with Gasteiger partial charge in [-0.1, -0.05) is 65.3 Å². The van der Waals surface area contributed by atoms with Crippen LogP contribution in [0.1, 0.15) is 23.1 Å². The van der Waals surface area contributed by atoms with Crippen LogP contribution in [0.2, 0.25) is 0 Å². The molecule has 2 aromatic carbocycles. The van der Waals surface area contributed by atoms with Gasteiger partial charge in [-0.25, -0.2) is 0 Å². The summed E-state index contributed by atoms with van der Waals surface area (Å²) in [4.78, 5) is 12.1. The molecule has 4 heteroatoms. The molecule has 0 saturated heterocycles. The summed E-state index contributed by atoms with van der Waals surface area (Å²) in [6.45, 7) is 2.60. The number of hydrogen-bond donors (Lipinski definition) is 1. The van der Waals surface area contributed by atoms with Gasteiger partial charge in [-0.05, 0) is 18.9 Å². The fraction of sp³-hybridized carbons (Fsp3) is 0.200. The third-order valence-corrected chi connectivity index (χ3v) is 3.88. The smallest absolute Gasteiger partial charge is 0.220 e. The Labute approximate surface area is 141 Å². The van der Waals surface area contributed by atoms with E-state index in [0.717, 1.165) is 22.4 Å². The van der Waals surface area contributed by atoms with Crippen LogP contribution in [0.3, 0.4) is 0 Å². The number of carbonyl (C=O) groups excluding carboxylic acids is 1. The maximum Gasteiger partial charge on any atom is 0.220 e. The summed E-state index contributed by atoms with van der Waals surface area (Å²) in [6.07, 6.45) is 2.64. The highest BCUT2D eigenvalue weighted by atomic mass is 16.5. The number of amides is 1. The van der Waals surface area contributed by atoms with Gasteiger partial charge in [0.2, 0.25) is 5.91 Å². The van der Waals surface area contributed by atoms with Crippen LogP contribution in [-0.4, -0.2) is 11.1 Å². The third-order valence-electron chi connectivity index (χ3n) is 3.88. The van der Waals surface area contributed by atoms with E-state index in [1.165, 1.54) is 5.56 Å². The molecule has 0 spiro atoms. The Hall–Kier alpha value is -2.88. The second-order valence-corrected chi connectivity index (χ2v) is 5.82. The monoisotopic (exact) mass is 320 g/mol. The zero-order valence-electron chi connectivity index (χ0n) is 13.7. The molecule has 0 atom stereocenters. The molecule has 0 bridgehead atoms. The Morgan fingerprint density at radius 3 is 2.75 bits per heavy atom. The van der Waals surface area contributed by atoms with Gasteiger partial charge < -0.3 is 9.84 Å². The Kier molecular flexibility index (Phi) is 5.06. The van der Waals surface area contributed by atoms with Gasteiger partial charge in [0.15, 0.2) is 0 Å². The molecule has 3 rings (SSSR count). The molecule has 0 aliphatic carbocycles. The third kappa shape index (κ3) is 4.10. The summed E-state index contributed by atoms with van der Waals surface area (Å²) in [6, 6.07) is 18.0. The van der Waals surface area contributed by atoms with Crippen LogP contribution >= 0.6 is 0 Å². The molecule has 1 N–H and O–H groups in total. The predicted octanol–water partition coefficient (Wildman–Crippen LogP) is 3.90. The van der Waals surface area contributed by atoms with E-state index >= 15 is 0 Å². The maximum absolute atomic E-state index is 12.1. The summed E-state index contributed by atoms with van der Waals surface area (Å²) in [5.41, 5.74) is 5.06. The maximum atomic E-state index is 12.1. The number of aryl methyl sites for hydroxylation is 2. The van der Waals surface area contributed by atoms with Crippen molar-refractivity contribution in [3.63, 3.8) is 0 Å². The fourth-order valence-corrected chi connectivity index (χ4v) is 2.63. The van der Waals surface area contributed by atoms with E-state index in [9.17, 15) is 4.79 Å². The van der Waals surface area contributed by atoms with Crippen LogP contribution in [0.4, 0.5) is 0 Å². The molecule has 1 aromatic heterocycles. The second-order valence-electron chi connectivity index (χ2n) is 5.82. The standard InChI is InChI=1S/C20H20N2O2/c1-15-6-5-7-16(12-15)13-21-19(23)11-10-18-14-24-22-20(18)17-8-3-2-4-9-17/h2-9,12,14H,10-11,13H2,1H3,(H,21,23). The average Bonchev–Trinajstić information content (AvgIpc) is 3.07. The van der Waals surface area contributed by atoms with Crippen molar-refractivity contribution < 1.29 is 9.32 Å². The highest BCUT2D eigenvalue weighted by Crippen LogP contribution is 2.22. The van der Waals surface area contributed by atoms with Crippen LogP contribution in [0.25, 0.3) is 11.3 Å². The molecule has 1 amide bonds. The van der Waals surface area contributed by atoms with Crippen molar-refractivity contribution in [1.82, 2.24) is 10.5 Å². The van der Waals surface area contributed by atoms with Gasteiger partial charge in [0.1, 0.15) is 12.0 Å². The predicted molar refractivity (Wildman–Crippen MR) is 93.3 cm³/mol. The quantitative estimate of drug-likeness (QED) is 0.749. The SMILES string of the molecule is Cc1cccc(CNC(=O)CCc2conc2-c2ccccc2)c1. The van der Waals surface area contributed by atoms with Crippen LogP contribution < -0.4 is 5.32 Å². The molecular weight excluding hydrogens is 300 g/mol. The van der Waals surface area contributed by atoms with E-state index in [4.69, 9.17) is 4.52 Å². The average molecular weight is 320 g/mol. The van der Waals surface area contributed by atoms with E-state index in [0.29, 0.717) is 19.4 Å². The van der Waals surface area contributed by atoms with Gasteiger partial charge in [-0.2, -0.15) is 0 Å². The lowest BCUT2D eigenvalue weighted by Gasteiger charge is -2.06. The fourth-order valence-electron chi connectivity index (χ4n) is 2.63. The van der Waals surface area contributed by atoms with E-state index in [-0.39, 0.29) is 5.91 Å². The van der Waals surface area contributed by atoms with E-state index < -0.39 is 0 Å². The summed E-state index contributed by atoms with van der Waals surface area (Å²) >= 11 is 0. The van der Waals surface area contributed by atoms with Crippen molar-refractivity contribution in [1.29, 1.82) is 0 Å². The highest BCUT2D eigenvalue weighted by molar-refractivity contribution is 5.76. The van der Waals surface area contributed by atoms with Crippen molar-refractivity contribution in [2.24, 2.45) is 0 Å². The minimum absolute atomic E-state index is 0.0247. The zero-order valence-corrected chi connectivity index (χ0v) is 13.7. The minimum atomic E-state index is 0.0247. The number of carbonyl (C=O) groups is 1.